The van der Waals surface area contributed by atoms with Crippen LogP contribution in [0.25, 0.3) is 11.3 Å². The Morgan fingerprint density at radius 2 is 1.49 bits per heavy atom. The van der Waals surface area contributed by atoms with Gasteiger partial charge in [0, 0.05) is 5.56 Å². The molecule has 196 valence electrons. The van der Waals surface area contributed by atoms with Crippen LogP contribution in [-0.4, -0.2) is 28.1 Å². The third kappa shape index (κ3) is 8.04. The van der Waals surface area contributed by atoms with Gasteiger partial charge in [-0.15, -0.1) is 0 Å². The molecular formula is C31H39N3O3. The van der Waals surface area contributed by atoms with Crippen molar-refractivity contribution in [2.45, 2.75) is 84.8 Å². The van der Waals surface area contributed by atoms with Gasteiger partial charge >= 0.3 is 0 Å². The quantitative estimate of drug-likeness (QED) is 0.323. The van der Waals surface area contributed by atoms with Crippen LogP contribution in [0.4, 0.5) is 5.82 Å². The molecule has 0 atom stereocenters. The zero-order chi connectivity index (χ0) is 26.2. The van der Waals surface area contributed by atoms with Gasteiger partial charge in [-0.1, -0.05) is 44.2 Å². The fraction of sp³-hybridized carbons (Fsp3) is 0.452. The van der Waals surface area contributed by atoms with Gasteiger partial charge in [0.25, 0.3) is 0 Å². The van der Waals surface area contributed by atoms with Crippen molar-refractivity contribution in [1.29, 1.82) is 0 Å². The van der Waals surface area contributed by atoms with E-state index < -0.39 is 0 Å². The van der Waals surface area contributed by atoms with Crippen LogP contribution in [0.3, 0.4) is 0 Å². The number of hydrogen-bond acceptors (Lipinski definition) is 5. The Balaban J connectivity index is 1.50. The maximum atomic E-state index is 12.9. The van der Waals surface area contributed by atoms with E-state index in [2.05, 4.69) is 10.3 Å². The van der Waals surface area contributed by atoms with Gasteiger partial charge in [-0.25, -0.2) is 9.97 Å². The lowest BCUT2D eigenvalue weighted by atomic mass is 9.86. The summed E-state index contributed by atoms with van der Waals surface area (Å²) in [6.07, 6.45) is 9.30. The van der Waals surface area contributed by atoms with Gasteiger partial charge in [-0.05, 0) is 82.0 Å². The van der Waals surface area contributed by atoms with Gasteiger partial charge in [-0.3, -0.25) is 4.79 Å². The summed E-state index contributed by atoms with van der Waals surface area (Å²) in [6.45, 7) is 8.02. The number of aromatic nitrogens is 2. The summed E-state index contributed by atoms with van der Waals surface area (Å²) in [4.78, 5) is 22.6. The molecule has 0 aliphatic heterocycles. The Bertz CT molecular complexity index is 1150. The van der Waals surface area contributed by atoms with Gasteiger partial charge in [0.1, 0.15) is 11.5 Å². The maximum absolute atomic E-state index is 12.9. The fourth-order valence-corrected chi connectivity index (χ4v) is 4.77. The minimum atomic E-state index is -0.0975. The highest BCUT2D eigenvalue weighted by atomic mass is 16.5. The smallest absolute Gasteiger partial charge is 0.229 e. The molecule has 0 spiro atoms. The van der Waals surface area contributed by atoms with Crippen LogP contribution in [0.1, 0.15) is 71.1 Å². The molecule has 37 heavy (non-hydrogen) atoms. The summed E-state index contributed by atoms with van der Waals surface area (Å²) < 4.78 is 11.5. The van der Waals surface area contributed by atoms with Gasteiger partial charge in [0.2, 0.25) is 5.91 Å². The van der Waals surface area contributed by atoms with Gasteiger partial charge in [0.05, 0.1) is 36.2 Å². The second kappa shape index (κ2) is 12.7. The van der Waals surface area contributed by atoms with Crippen molar-refractivity contribution in [2.75, 3.05) is 5.32 Å². The van der Waals surface area contributed by atoms with Crippen molar-refractivity contribution in [1.82, 2.24) is 9.97 Å². The van der Waals surface area contributed by atoms with Crippen molar-refractivity contribution < 1.29 is 14.3 Å². The average Bonchev–Trinajstić information content (AvgIpc) is 2.87. The van der Waals surface area contributed by atoms with E-state index in [0.717, 1.165) is 40.4 Å². The Kier molecular flexibility index (Phi) is 9.15. The van der Waals surface area contributed by atoms with Crippen LogP contribution in [0, 0.1) is 5.92 Å². The number of nitrogens with one attached hydrogen (secondary N) is 1. The first kappa shape index (κ1) is 26.6. The molecule has 0 saturated heterocycles. The van der Waals surface area contributed by atoms with Gasteiger partial charge < -0.3 is 14.8 Å². The predicted molar refractivity (Wildman–Crippen MR) is 148 cm³/mol. The number of benzene rings is 2. The van der Waals surface area contributed by atoms with Crippen LogP contribution >= 0.6 is 0 Å². The highest BCUT2D eigenvalue weighted by Crippen LogP contribution is 2.30. The second-order valence-corrected chi connectivity index (χ2v) is 10.5. The zero-order valence-corrected chi connectivity index (χ0v) is 22.5. The first-order chi connectivity index (χ1) is 17.9. The topological polar surface area (TPSA) is 73.3 Å². The number of amides is 1. The standard InChI is InChI=1S/C31H39N3O3/c1-21(2)36-26-14-10-24(11-15-26)19-30(35)34-31-28(18-23-8-6-5-7-9-23)33-29(20-32-31)25-12-16-27(17-13-25)37-22(3)4/h10-17,20-23H,5-9,18-19H2,1-4H3,(H,32,34,35). The van der Waals surface area contributed by atoms with Crippen molar-refractivity contribution in [2.24, 2.45) is 5.92 Å². The number of ether oxygens (including phenoxy) is 2. The normalized spacial score (nSPS) is 14.1. The van der Waals surface area contributed by atoms with Crippen molar-refractivity contribution in [3.63, 3.8) is 0 Å². The zero-order valence-electron chi connectivity index (χ0n) is 22.5. The third-order valence-corrected chi connectivity index (χ3v) is 6.49. The third-order valence-electron chi connectivity index (χ3n) is 6.49. The lowest BCUT2D eigenvalue weighted by Crippen LogP contribution is -2.19. The van der Waals surface area contributed by atoms with Crippen molar-refractivity contribution in [3.05, 3.63) is 66.0 Å². The molecule has 1 aliphatic carbocycles. The molecule has 1 saturated carbocycles. The highest BCUT2D eigenvalue weighted by Gasteiger charge is 2.19. The van der Waals surface area contributed by atoms with E-state index in [0.29, 0.717) is 11.7 Å². The van der Waals surface area contributed by atoms with Gasteiger partial charge in [-0.2, -0.15) is 0 Å². The molecule has 3 aromatic rings. The average molecular weight is 502 g/mol. The Hall–Kier alpha value is -3.41. The summed E-state index contributed by atoms with van der Waals surface area (Å²) in [7, 11) is 0. The molecule has 1 N–H and O–H groups in total. The van der Waals surface area contributed by atoms with Crippen LogP contribution in [-0.2, 0) is 17.6 Å². The van der Waals surface area contributed by atoms with Crippen LogP contribution in [0.15, 0.2) is 54.7 Å². The molecule has 4 rings (SSSR count). The lowest BCUT2D eigenvalue weighted by molar-refractivity contribution is -0.115. The summed E-state index contributed by atoms with van der Waals surface area (Å²) in [5, 5.41) is 3.04. The van der Waals surface area contributed by atoms with Crippen molar-refractivity contribution >= 4 is 11.7 Å². The maximum Gasteiger partial charge on any atom is 0.229 e. The number of hydrogen-bond donors (Lipinski definition) is 1. The van der Waals surface area contributed by atoms with E-state index in [1.165, 1.54) is 32.1 Å². The van der Waals surface area contributed by atoms with Crippen LogP contribution in [0.5, 0.6) is 11.5 Å². The Morgan fingerprint density at radius 3 is 2.08 bits per heavy atom. The number of carbonyl (C=O) groups excluding carboxylic acids is 1. The summed E-state index contributed by atoms with van der Waals surface area (Å²) in [5.41, 5.74) is 3.58. The SMILES string of the molecule is CC(C)Oc1ccc(CC(=O)Nc2ncc(-c3ccc(OC(C)C)cc3)nc2CC2CCCCC2)cc1. The summed E-state index contributed by atoms with van der Waals surface area (Å²) in [5.74, 6) is 2.68. The number of carbonyl (C=O) groups is 1. The minimum absolute atomic E-state index is 0.0975. The Labute approximate surface area is 220 Å². The molecule has 1 fully saturated rings. The second-order valence-electron chi connectivity index (χ2n) is 10.5. The Morgan fingerprint density at radius 1 is 0.892 bits per heavy atom. The molecular weight excluding hydrogens is 462 g/mol. The summed E-state index contributed by atoms with van der Waals surface area (Å²) in [6, 6.07) is 15.6. The molecule has 0 radical (unpaired) electrons. The number of nitrogens with zero attached hydrogens (tertiary/aromatic N) is 2. The summed E-state index contributed by atoms with van der Waals surface area (Å²) >= 11 is 0. The monoisotopic (exact) mass is 501 g/mol. The first-order valence-electron chi connectivity index (χ1n) is 13.5. The van der Waals surface area contributed by atoms with E-state index in [4.69, 9.17) is 14.5 Å². The fourth-order valence-electron chi connectivity index (χ4n) is 4.77. The molecule has 1 aromatic heterocycles. The van der Waals surface area contributed by atoms with E-state index in [9.17, 15) is 4.79 Å². The molecule has 6 nitrogen and oxygen atoms in total. The lowest BCUT2D eigenvalue weighted by Gasteiger charge is -2.22. The van der Waals surface area contributed by atoms with Gasteiger partial charge in [0.15, 0.2) is 5.82 Å². The van der Waals surface area contributed by atoms with Crippen LogP contribution in [0.2, 0.25) is 0 Å². The van der Waals surface area contributed by atoms with E-state index in [1.54, 1.807) is 6.20 Å². The van der Waals surface area contributed by atoms with E-state index in [-0.39, 0.29) is 24.5 Å². The molecule has 1 aliphatic rings. The predicted octanol–water partition coefficient (Wildman–Crippen LogP) is 7.02. The van der Waals surface area contributed by atoms with Crippen molar-refractivity contribution in [3.8, 4) is 22.8 Å². The van der Waals surface area contributed by atoms with Crippen LogP contribution < -0.4 is 14.8 Å². The molecule has 1 amide bonds. The molecule has 2 aromatic carbocycles. The number of rotatable bonds is 10. The highest BCUT2D eigenvalue weighted by molar-refractivity contribution is 5.92. The first-order valence-corrected chi connectivity index (χ1v) is 13.5. The molecule has 1 heterocycles. The minimum Gasteiger partial charge on any atom is -0.491 e. The van der Waals surface area contributed by atoms with E-state index in [1.807, 2.05) is 76.2 Å². The number of anilines is 1. The molecule has 0 bridgehead atoms. The molecule has 6 heteroatoms. The molecule has 0 unspecified atom stereocenters. The van der Waals surface area contributed by atoms with E-state index >= 15 is 0 Å². The largest absolute Gasteiger partial charge is 0.491 e.